The van der Waals surface area contributed by atoms with Crippen molar-refractivity contribution in [2.75, 3.05) is 5.73 Å². The molecule has 100 valence electrons. The van der Waals surface area contributed by atoms with Gasteiger partial charge in [0.05, 0.1) is 10.6 Å². The van der Waals surface area contributed by atoms with E-state index in [1.165, 1.54) is 0 Å². The minimum atomic E-state index is -3.36. The Morgan fingerprint density at radius 3 is 2.32 bits per heavy atom. The molecule has 0 spiro atoms. The van der Waals surface area contributed by atoms with Crippen LogP contribution in [0.3, 0.4) is 0 Å². The van der Waals surface area contributed by atoms with Gasteiger partial charge in [-0.25, -0.2) is 8.42 Å². The molecule has 2 rings (SSSR count). The van der Waals surface area contributed by atoms with Crippen LogP contribution in [0, 0.1) is 13.8 Å². The van der Waals surface area contributed by atoms with Crippen molar-refractivity contribution in [3.05, 3.63) is 59.2 Å². The molecule has 0 radical (unpaired) electrons. The molecule has 2 aromatic carbocycles. The van der Waals surface area contributed by atoms with Crippen LogP contribution in [0.5, 0.6) is 0 Å². The lowest BCUT2D eigenvalue weighted by atomic mass is 10.1. The predicted octanol–water partition coefficient (Wildman–Crippen LogP) is 2.86. The van der Waals surface area contributed by atoms with Crippen LogP contribution in [0.2, 0.25) is 0 Å². The number of benzene rings is 2. The fourth-order valence-electron chi connectivity index (χ4n) is 1.86. The lowest BCUT2D eigenvalue weighted by Gasteiger charge is -2.09. The van der Waals surface area contributed by atoms with Crippen LogP contribution in [0.1, 0.15) is 16.7 Å². The van der Waals surface area contributed by atoms with Crippen LogP contribution in [-0.4, -0.2) is 8.42 Å². The number of nitrogens with two attached hydrogens (primary N) is 1. The molecular formula is C15H17NO2S. The Hall–Kier alpha value is -1.81. The summed E-state index contributed by atoms with van der Waals surface area (Å²) >= 11 is 0. The average Bonchev–Trinajstić information content (AvgIpc) is 2.35. The molecule has 0 saturated heterocycles. The van der Waals surface area contributed by atoms with E-state index in [4.69, 9.17) is 5.73 Å². The van der Waals surface area contributed by atoms with Crippen molar-refractivity contribution >= 4 is 15.5 Å². The Bertz CT molecular complexity index is 706. The molecule has 0 amide bonds. The smallest absolute Gasteiger partial charge is 0.182 e. The van der Waals surface area contributed by atoms with Crippen molar-refractivity contribution in [3.63, 3.8) is 0 Å². The summed E-state index contributed by atoms with van der Waals surface area (Å²) in [5.74, 6) is -0.0673. The number of sulfone groups is 1. The summed E-state index contributed by atoms with van der Waals surface area (Å²) in [6.07, 6.45) is 0. The summed E-state index contributed by atoms with van der Waals surface area (Å²) in [5, 5.41) is 0. The van der Waals surface area contributed by atoms with Crippen LogP contribution in [0.25, 0.3) is 0 Å². The molecule has 4 heteroatoms. The van der Waals surface area contributed by atoms with Crippen LogP contribution in [0.4, 0.5) is 5.69 Å². The highest BCUT2D eigenvalue weighted by Crippen LogP contribution is 2.22. The van der Waals surface area contributed by atoms with E-state index in [0.717, 1.165) is 11.1 Å². The SMILES string of the molecule is Cc1ccc(S(=O)(=O)Cc2ccccc2N)cc1C. The van der Waals surface area contributed by atoms with E-state index in [9.17, 15) is 8.42 Å². The molecule has 0 bridgehead atoms. The number of hydrogen-bond donors (Lipinski definition) is 1. The van der Waals surface area contributed by atoms with Gasteiger partial charge in [-0.1, -0.05) is 24.3 Å². The van der Waals surface area contributed by atoms with Crippen LogP contribution < -0.4 is 5.73 Å². The fraction of sp³-hybridized carbons (Fsp3) is 0.200. The summed E-state index contributed by atoms with van der Waals surface area (Å²) in [7, 11) is -3.36. The van der Waals surface area contributed by atoms with Crippen molar-refractivity contribution in [1.29, 1.82) is 0 Å². The van der Waals surface area contributed by atoms with E-state index < -0.39 is 9.84 Å². The third-order valence-electron chi connectivity index (χ3n) is 3.24. The van der Waals surface area contributed by atoms with Crippen molar-refractivity contribution in [2.24, 2.45) is 0 Å². The zero-order chi connectivity index (χ0) is 14.0. The van der Waals surface area contributed by atoms with Crippen LogP contribution in [0.15, 0.2) is 47.4 Å². The quantitative estimate of drug-likeness (QED) is 0.876. The third kappa shape index (κ3) is 2.96. The summed E-state index contributed by atoms with van der Waals surface area (Å²) < 4.78 is 24.7. The highest BCUT2D eigenvalue weighted by molar-refractivity contribution is 7.90. The molecule has 0 atom stereocenters. The van der Waals surface area contributed by atoms with Crippen LogP contribution >= 0.6 is 0 Å². The Morgan fingerprint density at radius 2 is 1.68 bits per heavy atom. The van der Waals surface area contributed by atoms with E-state index in [1.54, 1.807) is 36.4 Å². The number of anilines is 1. The lowest BCUT2D eigenvalue weighted by Crippen LogP contribution is -2.07. The predicted molar refractivity (Wildman–Crippen MR) is 77.7 cm³/mol. The van der Waals surface area contributed by atoms with Crippen molar-refractivity contribution < 1.29 is 8.42 Å². The second-order valence-corrected chi connectivity index (χ2v) is 6.69. The highest BCUT2D eigenvalue weighted by atomic mass is 32.2. The van der Waals surface area contributed by atoms with E-state index in [-0.39, 0.29) is 5.75 Å². The first kappa shape index (κ1) is 13.6. The monoisotopic (exact) mass is 275 g/mol. The summed E-state index contributed by atoms with van der Waals surface area (Å²) in [6.45, 7) is 3.87. The molecule has 0 aliphatic heterocycles. The molecule has 0 aliphatic rings. The Balaban J connectivity index is 2.38. The van der Waals surface area contributed by atoms with E-state index in [1.807, 2.05) is 19.9 Å². The number of aryl methyl sites for hydroxylation is 2. The third-order valence-corrected chi connectivity index (χ3v) is 4.90. The zero-order valence-electron chi connectivity index (χ0n) is 11.1. The fourth-order valence-corrected chi connectivity index (χ4v) is 3.33. The molecule has 3 nitrogen and oxygen atoms in total. The molecule has 0 unspecified atom stereocenters. The Morgan fingerprint density at radius 1 is 1.00 bits per heavy atom. The minimum absolute atomic E-state index is 0.0673. The molecule has 0 fully saturated rings. The van der Waals surface area contributed by atoms with Gasteiger partial charge in [-0.2, -0.15) is 0 Å². The molecule has 19 heavy (non-hydrogen) atoms. The van der Waals surface area contributed by atoms with Gasteiger partial charge in [0.1, 0.15) is 0 Å². The standard InChI is InChI=1S/C15H17NO2S/c1-11-7-8-14(9-12(11)2)19(17,18)10-13-5-3-4-6-15(13)16/h3-9H,10,16H2,1-2H3. The number of hydrogen-bond acceptors (Lipinski definition) is 3. The zero-order valence-corrected chi connectivity index (χ0v) is 11.9. The average molecular weight is 275 g/mol. The number of nitrogen functional groups attached to an aromatic ring is 1. The molecule has 0 aliphatic carbocycles. The second-order valence-electron chi connectivity index (χ2n) is 4.70. The Kier molecular flexibility index (Phi) is 3.62. The Labute approximate surface area is 114 Å². The topological polar surface area (TPSA) is 60.2 Å². The minimum Gasteiger partial charge on any atom is -0.398 e. The molecule has 0 saturated carbocycles. The molecule has 2 N–H and O–H groups in total. The van der Waals surface area contributed by atoms with Gasteiger partial charge in [0, 0.05) is 5.69 Å². The van der Waals surface area contributed by atoms with Crippen molar-refractivity contribution in [3.8, 4) is 0 Å². The first-order valence-electron chi connectivity index (χ1n) is 6.03. The normalized spacial score (nSPS) is 11.5. The van der Waals surface area contributed by atoms with E-state index in [2.05, 4.69) is 0 Å². The first-order valence-corrected chi connectivity index (χ1v) is 7.69. The van der Waals surface area contributed by atoms with Gasteiger partial charge >= 0.3 is 0 Å². The number of rotatable bonds is 3. The molecule has 0 heterocycles. The maximum Gasteiger partial charge on any atom is 0.182 e. The largest absolute Gasteiger partial charge is 0.398 e. The molecule has 0 aromatic heterocycles. The maximum atomic E-state index is 12.4. The van der Waals surface area contributed by atoms with Crippen molar-refractivity contribution in [2.45, 2.75) is 24.5 Å². The van der Waals surface area contributed by atoms with Gasteiger partial charge in [-0.3, -0.25) is 0 Å². The number of para-hydroxylation sites is 1. The highest BCUT2D eigenvalue weighted by Gasteiger charge is 2.17. The van der Waals surface area contributed by atoms with Crippen molar-refractivity contribution in [1.82, 2.24) is 0 Å². The van der Waals surface area contributed by atoms with Gasteiger partial charge < -0.3 is 5.73 Å². The van der Waals surface area contributed by atoms with Gasteiger partial charge in [-0.05, 0) is 48.7 Å². The van der Waals surface area contributed by atoms with Gasteiger partial charge in [0.2, 0.25) is 0 Å². The first-order chi connectivity index (χ1) is 8.90. The lowest BCUT2D eigenvalue weighted by molar-refractivity contribution is 0.595. The molecular weight excluding hydrogens is 258 g/mol. The van der Waals surface area contributed by atoms with Gasteiger partial charge in [-0.15, -0.1) is 0 Å². The van der Waals surface area contributed by atoms with E-state index >= 15 is 0 Å². The summed E-state index contributed by atoms with van der Waals surface area (Å²) in [5.41, 5.74) is 9.00. The van der Waals surface area contributed by atoms with Gasteiger partial charge in [0.25, 0.3) is 0 Å². The van der Waals surface area contributed by atoms with Gasteiger partial charge in [0.15, 0.2) is 9.84 Å². The van der Waals surface area contributed by atoms with E-state index in [0.29, 0.717) is 16.1 Å². The molecule has 2 aromatic rings. The van der Waals surface area contributed by atoms with Crippen LogP contribution in [-0.2, 0) is 15.6 Å². The summed E-state index contributed by atoms with van der Waals surface area (Å²) in [6, 6.07) is 12.2. The maximum absolute atomic E-state index is 12.4. The second kappa shape index (κ2) is 5.05. The summed E-state index contributed by atoms with van der Waals surface area (Å²) in [4.78, 5) is 0.346.